The number of carbonyl (C=O) groups is 1. The lowest BCUT2D eigenvalue weighted by atomic mass is 10.2. The van der Waals surface area contributed by atoms with Gasteiger partial charge < -0.3 is 5.11 Å². The first kappa shape index (κ1) is 12.9. The van der Waals surface area contributed by atoms with Crippen LogP contribution in [0.1, 0.15) is 10.4 Å². The van der Waals surface area contributed by atoms with E-state index in [1.54, 1.807) is 24.3 Å². The number of aromatic carboxylic acids is 1. The molecular formula is C13H8ClFO2S. The lowest BCUT2D eigenvalue weighted by Gasteiger charge is -2.05. The van der Waals surface area contributed by atoms with Crippen LogP contribution in [0, 0.1) is 5.82 Å². The van der Waals surface area contributed by atoms with Crippen LogP contribution in [0.5, 0.6) is 0 Å². The fourth-order valence-electron chi connectivity index (χ4n) is 1.36. The molecule has 0 atom stereocenters. The molecule has 2 aromatic rings. The summed E-state index contributed by atoms with van der Waals surface area (Å²) in [5.41, 5.74) is -0.0731. The van der Waals surface area contributed by atoms with E-state index in [1.807, 2.05) is 0 Å². The largest absolute Gasteiger partial charge is 0.478 e. The minimum Gasteiger partial charge on any atom is -0.478 e. The minimum atomic E-state index is -1.15. The second-order valence-corrected chi connectivity index (χ2v) is 4.97. The van der Waals surface area contributed by atoms with Crippen LogP contribution in [0.25, 0.3) is 0 Å². The van der Waals surface area contributed by atoms with Gasteiger partial charge in [-0.15, -0.1) is 0 Å². The average Bonchev–Trinajstić information content (AvgIpc) is 2.34. The first-order valence-electron chi connectivity index (χ1n) is 5.03. The minimum absolute atomic E-state index is 0.0731. The third-order valence-electron chi connectivity index (χ3n) is 2.24. The number of rotatable bonds is 3. The van der Waals surface area contributed by atoms with Gasteiger partial charge in [-0.25, -0.2) is 9.18 Å². The van der Waals surface area contributed by atoms with E-state index in [0.717, 1.165) is 22.7 Å². The maximum atomic E-state index is 13.7. The Morgan fingerprint density at radius 2 is 1.89 bits per heavy atom. The van der Waals surface area contributed by atoms with Gasteiger partial charge in [-0.1, -0.05) is 35.5 Å². The standard InChI is InChI=1S/C13H8ClFO2S/c14-9-3-1-2-4-11(9)18-12-6-5-8(13(16)17)7-10(12)15/h1-7H,(H,16,17). The van der Waals surface area contributed by atoms with Gasteiger partial charge in [-0.2, -0.15) is 0 Å². The summed E-state index contributed by atoms with van der Waals surface area (Å²) < 4.78 is 13.7. The summed E-state index contributed by atoms with van der Waals surface area (Å²) in [5.74, 6) is -1.72. The second kappa shape index (κ2) is 5.42. The Kier molecular flexibility index (Phi) is 3.89. The molecule has 0 aliphatic carbocycles. The van der Waals surface area contributed by atoms with Crippen LogP contribution in [0.4, 0.5) is 4.39 Å². The van der Waals surface area contributed by atoms with Crippen molar-refractivity contribution in [3.05, 3.63) is 58.9 Å². The number of carboxylic acid groups (broad SMARTS) is 1. The lowest BCUT2D eigenvalue weighted by Crippen LogP contribution is -1.97. The highest BCUT2D eigenvalue weighted by Crippen LogP contribution is 2.34. The molecule has 92 valence electrons. The van der Waals surface area contributed by atoms with E-state index in [0.29, 0.717) is 9.92 Å². The van der Waals surface area contributed by atoms with Crippen LogP contribution < -0.4 is 0 Å². The van der Waals surface area contributed by atoms with Crippen LogP contribution >= 0.6 is 23.4 Å². The Morgan fingerprint density at radius 1 is 1.17 bits per heavy atom. The number of hydrogen-bond acceptors (Lipinski definition) is 2. The molecule has 0 fully saturated rings. The Bertz CT molecular complexity index is 601. The van der Waals surface area contributed by atoms with Gasteiger partial charge in [-0.3, -0.25) is 0 Å². The molecule has 2 rings (SSSR count). The fraction of sp³-hybridized carbons (Fsp3) is 0. The molecule has 5 heteroatoms. The van der Waals surface area contributed by atoms with Crippen LogP contribution in [-0.4, -0.2) is 11.1 Å². The van der Waals surface area contributed by atoms with E-state index in [1.165, 1.54) is 12.1 Å². The van der Waals surface area contributed by atoms with E-state index in [-0.39, 0.29) is 5.56 Å². The number of hydrogen-bond donors (Lipinski definition) is 1. The van der Waals surface area contributed by atoms with Crippen molar-refractivity contribution in [2.24, 2.45) is 0 Å². The molecule has 1 N–H and O–H groups in total. The molecule has 2 nitrogen and oxygen atoms in total. The molecule has 0 radical (unpaired) electrons. The molecule has 0 heterocycles. The summed E-state index contributed by atoms with van der Waals surface area (Å²) in [6.45, 7) is 0. The zero-order valence-corrected chi connectivity index (χ0v) is 10.6. The van der Waals surface area contributed by atoms with E-state index in [2.05, 4.69) is 0 Å². The summed E-state index contributed by atoms with van der Waals surface area (Å²) >= 11 is 7.13. The van der Waals surface area contributed by atoms with Gasteiger partial charge in [0, 0.05) is 9.79 Å². The van der Waals surface area contributed by atoms with Gasteiger partial charge in [0.05, 0.1) is 10.6 Å². The highest BCUT2D eigenvalue weighted by molar-refractivity contribution is 7.99. The fourth-order valence-corrected chi connectivity index (χ4v) is 2.46. The van der Waals surface area contributed by atoms with Crippen LogP contribution in [0.2, 0.25) is 5.02 Å². The number of carboxylic acids is 1. The lowest BCUT2D eigenvalue weighted by molar-refractivity contribution is 0.0696. The van der Waals surface area contributed by atoms with Crippen molar-refractivity contribution in [2.75, 3.05) is 0 Å². The molecule has 0 amide bonds. The molecule has 0 aliphatic heterocycles. The third kappa shape index (κ3) is 2.83. The molecule has 0 unspecified atom stereocenters. The van der Waals surface area contributed by atoms with Gasteiger partial charge in [-0.05, 0) is 30.3 Å². The zero-order valence-electron chi connectivity index (χ0n) is 9.06. The highest BCUT2D eigenvalue weighted by Gasteiger charge is 2.10. The summed E-state index contributed by atoms with van der Waals surface area (Å²) in [7, 11) is 0. The van der Waals surface area contributed by atoms with E-state index < -0.39 is 11.8 Å². The van der Waals surface area contributed by atoms with Crippen LogP contribution in [0.3, 0.4) is 0 Å². The van der Waals surface area contributed by atoms with E-state index >= 15 is 0 Å². The first-order chi connectivity index (χ1) is 8.58. The molecule has 0 aliphatic rings. The Morgan fingerprint density at radius 3 is 2.50 bits per heavy atom. The molecule has 0 saturated heterocycles. The average molecular weight is 283 g/mol. The topological polar surface area (TPSA) is 37.3 Å². The van der Waals surface area contributed by atoms with Gasteiger partial charge in [0.15, 0.2) is 0 Å². The Balaban J connectivity index is 2.30. The van der Waals surface area contributed by atoms with Crippen molar-refractivity contribution in [3.63, 3.8) is 0 Å². The first-order valence-corrected chi connectivity index (χ1v) is 6.22. The molecule has 0 saturated carbocycles. The summed E-state index contributed by atoms with van der Waals surface area (Å²) in [4.78, 5) is 11.7. The third-order valence-corrected chi connectivity index (χ3v) is 3.80. The van der Waals surface area contributed by atoms with Gasteiger partial charge in [0.2, 0.25) is 0 Å². The zero-order chi connectivity index (χ0) is 13.1. The maximum absolute atomic E-state index is 13.7. The van der Waals surface area contributed by atoms with Crippen molar-refractivity contribution in [3.8, 4) is 0 Å². The quantitative estimate of drug-likeness (QED) is 0.910. The van der Waals surface area contributed by atoms with Crippen molar-refractivity contribution in [2.45, 2.75) is 9.79 Å². The molecule has 0 spiro atoms. The molecule has 0 aromatic heterocycles. The SMILES string of the molecule is O=C(O)c1ccc(Sc2ccccc2Cl)c(F)c1. The molecular weight excluding hydrogens is 275 g/mol. The summed E-state index contributed by atoms with van der Waals surface area (Å²) in [6.07, 6.45) is 0. The second-order valence-electron chi connectivity index (χ2n) is 3.48. The highest BCUT2D eigenvalue weighted by atomic mass is 35.5. The normalized spacial score (nSPS) is 10.3. The van der Waals surface area contributed by atoms with Crippen molar-refractivity contribution in [1.82, 2.24) is 0 Å². The Labute approximate surface area is 112 Å². The van der Waals surface area contributed by atoms with Gasteiger partial charge >= 0.3 is 5.97 Å². The van der Waals surface area contributed by atoms with Crippen molar-refractivity contribution >= 4 is 29.3 Å². The molecule has 0 bridgehead atoms. The van der Waals surface area contributed by atoms with Crippen LogP contribution in [0.15, 0.2) is 52.3 Å². The predicted molar refractivity (Wildman–Crippen MR) is 68.9 cm³/mol. The smallest absolute Gasteiger partial charge is 0.335 e. The summed E-state index contributed by atoms with van der Waals surface area (Å²) in [6, 6.07) is 10.9. The van der Waals surface area contributed by atoms with E-state index in [4.69, 9.17) is 16.7 Å². The van der Waals surface area contributed by atoms with Gasteiger partial charge in [0.1, 0.15) is 5.82 Å². The van der Waals surface area contributed by atoms with Gasteiger partial charge in [0.25, 0.3) is 0 Å². The number of halogens is 2. The van der Waals surface area contributed by atoms with Crippen molar-refractivity contribution in [1.29, 1.82) is 0 Å². The molecule has 18 heavy (non-hydrogen) atoms. The maximum Gasteiger partial charge on any atom is 0.335 e. The monoisotopic (exact) mass is 282 g/mol. The predicted octanol–water partition coefficient (Wildman–Crippen LogP) is 4.33. The molecule has 2 aromatic carbocycles. The summed E-state index contributed by atoms with van der Waals surface area (Å²) in [5, 5.41) is 9.27. The number of benzene rings is 2. The van der Waals surface area contributed by atoms with Crippen molar-refractivity contribution < 1.29 is 14.3 Å². The Hall–Kier alpha value is -1.52. The van der Waals surface area contributed by atoms with Crippen LogP contribution in [-0.2, 0) is 0 Å². The van der Waals surface area contributed by atoms with E-state index in [9.17, 15) is 9.18 Å².